The number of pyridine rings is 1. The lowest BCUT2D eigenvalue weighted by Crippen LogP contribution is -2.35. The number of carboxylic acid groups (broad SMARTS) is 1. The minimum Gasteiger partial charge on any atom is -0.478 e. The van der Waals surface area contributed by atoms with Crippen molar-refractivity contribution in [1.29, 1.82) is 0 Å². The fourth-order valence-electron chi connectivity index (χ4n) is 1.75. The number of carboxylic acids is 1. The molecular weight excluding hydrogens is 244 g/mol. The van der Waals surface area contributed by atoms with Crippen LogP contribution in [0.5, 0.6) is 0 Å². The average Bonchev–Trinajstić information content (AvgIpc) is 2.68. The maximum atomic E-state index is 10.9. The Kier molecular flexibility index (Phi) is 3.22. The van der Waals surface area contributed by atoms with Crippen molar-refractivity contribution in [2.24, 2.45) is 0 Å². The zero-order chi connectivity index (χ0) is 12.5. The van der Waals surface area contributed by atoms with Crippen LogP contribution in [0.25, 0.3) is 0 Å². The van der Waals surface area contributed by atoms with Crippen LogP contribution >= 0.6 is 11.6 Å². The standard InChI is InChI=1S/C11H13ClN2O3/c1-11(3-5-17-6-11)14-9-8(12)7(10(15)16)2-4-13-9/h2,4H,3,5-6H2,1H3,(H,13,14)(H,15,16). The maximum Gasteiger partial charge on any atom is 0.337 e. The number of rotatable bonds is 3. The third kappa shape index (κ3) is 2.50. The molecule has 17 heavy (non-hydrogen) atoms. The monoisotopic (exact) mass is 256 g/mol. The minimum atomic E-state index is -1.06. The summed E-state index contributed by atoms with van der Waals surface area (Å²) in [6.45, 7) is 3.23. The summed E-state index contributed by atoms with van der Waals surface area (Å²) in [5.41, 5.74) is -0.194. The van der Waals surface area contributed by atoms with Crippen LogP contribution in [0.2, 0.25) is 5.02 Å². The van der Waals surface area contributed by atoms with Gasteiger partial charge in [-0.2, -0.15) is 0 Å². The number of aromatic carboxylic acids is 1. The third-order valence-electron chi connectivity index (χ3n) is 2.76. The Labute approximate surface area is 104 Å². The van der Waals surface area contributed by atoms with E-state index in [1.165, 1.54) is 12.3 Å². The first-order valence-electron chi connectivity index (χ1n) is 5.25. The number of nitrogens with zero attached hydrogens (tertiary/aromatic N) is 1. The van der Waals surface area contributed by atoms with Gasteiger partial charge in [-0.1, -0.05) is 11.6 Å². The normalized spacial score (nSPS) is 23.6. The van der Waals surface area contributed by atoms with E-state index in [-0.39, 0.29) is 16.1 Å². The predicted octanol–water partition coefficient (Wildman–Crippen LogP) is 2.02. The summed E-state index contributed by atoms with van der Waals surface area (Å²) in [5, 5.41) is 12.2. The van der Waals surface area contributed by atoms with Crippen LogP contribution in [0.4, 0.5) is 5.82 Å². The van der Waals surface area contributed by atoms with Gasteiger partial charge in [0.1, 0.15) is 5.82 Å². The molecule has 1 atom stereocenters. The molecule has 92 valence electrons. The van der Waals surface area contributed by atoms with Crippen molar-refractivity contribution in [3.8, 4) is 0 Å². The quantitative estimate of drug-likeness (QED) is 0.866. The van der Waals surface area contributed by atoms with Gasteiger partial charge in [-0.15, -0.1) is 0 Å². The highest BCUT2D eigenvalue weighted by Gasteiger charge is 2.31. The fraction of sp³-hybridized carbons (Fsp3) is 0.455. The van der Waals surface area contributed by atoms with Crippen LogP contribution in [0.15, 0.2) is 12.3 Å². The van der Waals surface area contributed by atoms with Crippen molar-refractivity contribution >= 4 is 23.4 Å². The molecule has 0 saturated carbocycles. The van der Waals surface area contributed by atoms with Crippen LogP contribution in [0.1, 0.15) is 23.7 Å². The number of carbonyl (C=O) groups is 1. The Morgan fingerprint density at radius 1 is 1.71 bits per heavy atom. The zero-order valence-corrected chi connectivity index (χ0v) is 10.1. The van der Waals surface area contributed by atoms with Crippen molar-refractivity contribution in [2.45, 2.75) is 18.9 Å². The van der Waals surface area contributed by atoms with Crippen molar-refractivity contribution in [3.05, 3.63) is 22.8 Å². The summed E-state index contributed by atoms with van der Waals surface area (Å²) in [6.07, 6.45) is 2.26. The molecule has 5 nitrogen and oxygen atoms in total. The highest BCUT2D eigenvalue weighted by Crippen LogP contribution is 2.29. The maximum absolute atomic E-state index is 10.9. The molecule has 0 spiro atoms. The molecule has 1 unspecified atom stereocenters. The summed E-state index contributed by atoms with van der Waals surface area (Å²) in [5.74, 6) is -0.673. The van der Waals surface area contributed by atoms with Gasteiger partial charge >= 0.3 is 5.97 Å². The second-order valence-corrected chi connectivity index (χ2v) is 4.69. The lowest BCUT2D eigenvalue weighted by Gasteiger charge is -2.24. The van der Waals surface area contributed by atoms with Gasteiger partial charge in [0.2, 0.25) is 0 Å². The molecule has 2 N–H and O–H groups in total. The molecule has 0 bridgehead atoms. The third-order valence-corrected chi connectivity index (χ3v) is 3.14. The van der Waals surface area contributed by atoms with Gasteiger partial charge in [-0.05, 0) is 19.4 Å². The predicted molar refractivity (Wildman–Crippen MR) is 63.7 cm³/mol. The summed E-state index contributed by atoms with van der Waals surface area (Å²) in [6, 6.07) is 1.38. The Bertz CT molecular complexity index is 444. The second kappa shape index (κ2) is 4.50. The lowest BCUT2D eigenvalue weighted by atomic mass is 10.0. The molecule has 1 aliphatic heterocycles. The van der Waals surface area contributed by atoms with Gasteiger partial charge in [0.15, 0.2) is 0 Å². The Morgan fingerprint density at radius 3 is 3.06 bits per heavy atom. The average molecular weight is 257 g/mol. The van der Waals surface area contributed by atoms with E-state index in [0.717, 1.165) is 6.42 Å². The summed E-state index contributed by atoms with van der Waals surface area (Å²) in [4.78, 5) is 15.0. The fourth-order valence-corrected chi connectivity index (χ4v) is 1.99. The van der Waals surface area contributed by atoms with Crippen molar-refractivity contribution < 1.29 is 14.6 Å². The number of anilines is 1. The molecule has 2 rings (SSSR count). The van der Waals surface area contributed by atoms with E-state index >= 15 is 0 Å². The first kappa shape index (κ1) is 12.1. The van der Waals surface area contributed by atoms with E-state index in [9.17, 15) is 4.79 Å². The van der Waals surface area contributed by atoms with Crippen LogP contribution in [-0.2, 0) is 4.74 Å². The van der Waals surface area contributed by atoms with Gasteiger partial charge in [-0.3, -0.25) is 0 Å². The Hall–Kier alpha value is -1.33. The van der Waals surface area contributed by atoms with Crippen molar-refractivity contribution in [1.82, 2.24) is 4.98 Å². The smallest absolute Gasteiger partial charge is 0.337 e. The van der Waals surface area contributed by atoms with Gasteiger partial charge in [0, 0.05) is 12.8 Å². The van der Waals surface area contributed by atoms with Crippen LogP contribution in [0.3, 0.4) is 0 Å². The molecule has 0 aliphatic carbocycles. The van der Waals surface area contributed by atoms with Gasteiger partial charge in [-0.25, -0.2) is 9.78 Å². The van der Waals surface area contributed by atoms with E-state index in [0.29, 0.717) is 19.0 Å². The minimum absolute atomic E-state index is 0.0479. The van der Waals surface area contributed by atoms with E-state index in [1.54, 1.807) is 0 Å². The molecule has 1 saturated heterocycles. The Balaban J connectivity index is 2.27. The lowest BCUT2D eigenvalue weighted by molar-refractivity contribution is 0.0697. The molecule has 0 radical (unpaired) electrons. The first-order chi connectivity index (χ1) is 8.02. The molecular formula is C11H13ClN2O3. The number of hydrogen-bond donors (Lipinski definition) is 2. The Morgan fingerprint density at radius 2 is 2.47 bits per heavy atom. The van der Waals surface area contributed by atoms with E-state index < -0.39 is 5.97 Å². The molecule has 0 aromatic carbocycles. The van der Waals surface area contributed by atoms with Gasteiger partial charge in [0.25, 0.3) is 0 Å². The SMILES string of the molecule is CC1(Nc2nccc(C(=O)O)c2Cl)CCOC1. The molecule has 1 fully saturated rings. The van der Waals surface area contributed by atoms with E-state index in [1.807, 2.05) is 6.92 Å². The van der Waals surface area contributed by atoms with Crippen LogP contribution in [-0.4, -0.2) is 34.8 Å². The van der Waals surface area contributed by atoms with Gasteiger partial charge < -0.3 is 15.2 Å². The van der Waals surface area contributed by atoms with E-state index in [2.05, 4.69) is 10.3 Å². The topological polar surface area (TPSA) is 71.5 Å². The summed E-state index contributed by atoms with van der Waals surface area (Å²) in [7, 11) is 0. The number of aromatic nitrogens is 1. The number of hydrogen-bond acceptors (Lipinski definition) is 4. The highest BCUT2D eigenvalue weighted by molar-refractivity contribution is 6.35. The molecule has 6 heteroatoms. The summed E-state index contributed by atoms with van der Waals surface area (Å²) < 4.78 is 5.30. The van der Waals surface area contributed by atoms with Crippen molar-refractivity contribution in [3.63, 3.8) is 0 Å². The number of ether oxygens (including phenoxy) is 1. The zero-order valence-electron chi connectivity index (χ0n) is 9.36. The molecule has 1 aromatic rings. The second-order valence-electron chi connectivity index (χ2n) is 4.31. The molecule has 0 amide bonds. The summed E-state index contributed by atoms with van der Waals surface area (Å²) >= 11 is 6.00. The first-order valence-corrected chi connectivity index (χ1v) is 5.63. The van der Waals surface area contributed by atoms with Crippen molar-refractivity contribution in [2.75, 3.05) is 18.5 Å². The highest BCUT2D eigenvalue weighted by atomic mass is 35.5. The van der Waals surface area contributed by atoms with Gasteiger partial charge in [0.05, 0.1) is 22.7 Å². The molecule has 2 heterocycles. The molecule has 1 aliphatic rings. The van der Waals surface area contributed by atoms with Crippen LogP contribution in [0, 0.1) is 0 Å². The number of halogens is 1. The van der Waals surface area contributed by atoms with Crippen LogP contribution < -0.4 is 5.32 Å². The largest absolute Gasteiger partial charge is 0.478 e. The number of nitrogens with one attached hydrogen (secondary N) is 1. The molecule has 1 aromatic heterocycles. The van der Waals surface area contributed by atoms with E-state index in [4.69, 9.17) is 21.4 Å².